The Morgan fingerprint density at radius 1 is 1.08 bits per heavy atom. The molecule has 1 saturated carbocycles. The van der Waals surface area contributed by atoms with Gasteiger partial charge in [-0.05, 0) is 43.9 Å². The Labute approximate surface area is 148 Å². The van der Waals surface area contributed by atoms with Crippen LogP contribution < -0.4 is 0 Å². The lowest BCUT2D eigenvalue weighted by atomic mass is 9.93. The van der Waals surface area contributed by atoms with Crippen LogP contribution in [-0.2, 0) is 16.8 Å². The van der Waals surface area contributed by atoms with Gasteiger partial charge in [-0.1, -0.05) is 48.5 Å². The summed E-state index contributed by atoms with van der Waals surface area (Å²) in [5, 5.41) is 1.18. The zero-order valence-corrected chi connectivity index (χ0v) is 14.8. The first-order valence-electron chi connectivity index (χ1n) is 9.03. The molecular weight excluding hydrogens is 308 g/mol. The van der Waals surface area contributed by atoms with Crippen LogP contribution >= 0.6 is 0 Å². The van der Waals surface area contributed by atoms with Gasteiger partial charge in [-0.15, -0.1) is 0 Å². The van der Waals surface area contributed by atoms with Crippen LogP contribution in [0.3, 0.4) is 0 Å². The van der Waals surface area contributed by atoms with Gasteiger partial charge in [-0.2, -0.15) is 0 Å². The molecule has 1 heterocycles. The Balaban J connectivity index is 1.68. The second-order valence-corrected chi connectivity index (χ2v) is 7.34. The normalized spacial score (nSPS) is 15.5. The summed E-state index contributed by atoms with van der Waals surface area (Å²) in [6.45, 7) is 4.87. The zero-order chi connectivity index (χ0) is 17.4. The SMILES string of the molecule is CC(C)N(Cc1ccccc1)C(=O)C1(c2c[nH]c3ccccc23)CC1. The second kappa shape index (κ2) is 6.07. The van der Waals surface area contributed by atoms with Gasteiger partial charge in [-0.25, -0.2) is 0 Å². The third-order valence-electron chi connectivity index (χ3n) is 5.34. The van der Waals surface area contributed by atoms with Gasteiger partial charge in [0.15, 0.2) is 0 Å². The predicted octanol–water partition coefficient (Wildman–Crippen LogP) is 4.64. The Bertz CT molecular complexity index is 891. The molecular formula is C22H24N2O. The molecule has 0 radical (unpaired) electrons. The Kier molecular flexibility index (Phi) is 3.87. The number of hydrogen-bond donors (Lipinski definition) is 1. The molecule has 3 nitrogen and oxygen atoms in total. The summed E-state index contributed by atoms with van der Waals surface area (Å²) in [6, 6.07) is 18.7. The van der Waals surface area contributed by atoms with Gasteiger partial charge in [0, 0.05) is 29.7 Å². The van der Waals surface area contributed by atoms with Crippen molar-refractivity contribution in [3.63, 3.8) is 0 Å². The number of benzene rings is 2. The lowest BCUT2D eigenvalue weighted by molar-refractivity contribution is -0.136. The van der Waals surface area contributed by atoms with Crippen molar-refractivity contribution >= 4 is 16.8 Å². The molecule has 25 heavy (non-hydrogen) atoms. The molecule has 0 bridgehead atoms. The van der Waals surface area contributed by atoms with Crippen LogP contribution in [0.1, 0.15) is 37.8 Å². The van der Waals surface area contributed by atoms with E-state index in [1.54, 1.807) is 0 Å². The molecule has 0 spiro atoms. The van der Waals surface area contributed by atoms with Crippen molar-refractivity contribution < 1.29 is 4.79 Å². The molecule has 0 saturated heterocycles. The van der Waals surface area contributed by atoms with Gasteiger partial charge in [0.05, 0.1) is 5.41 Å². The molecule has 4 rings (SSSR count). The lowest BCUT2D eigenvalue weighted by Gasteiger charge is -2.31. The number of para-hydroxylation sites is 1. The van der Waals surface area contributed by atoms with E-state index >= 15 is 0 Å². The topological polar surface area (TPSA) is 36.1 Å². The van der Waals surface area contributed by atoms with Crippen molar-refractivity contribution in [2.24, 2.45) is 0 Å². The lowest BCUT2D eigenvalue weighted by Crippen LogP contribution is -2.43. The van der Waals surface area contributed by atoms with E-state index in [1.807, 2.05) is 41.4 Å². The van der Waals surface area contributed by atoms with Gasteiger partial charge >= 0.3 is 0 Å². The molecule has 1 aromatic heterocycles. The van der Waals surface area contributed by atoms with E-state index in [2.05, 4.69) is 43.1 Å². The minimum absolute atomic E-state index is 0.176. The number of aromatic nitrogens is 1. The highest BCUT2D eigenvalue weighted by atomic mass is 16.2. The first kappa shape index (κ1) is 15.9. The molecule has 3 heteroatoms. The van der Waals surface area contributed by atoms with Gasteiger partial charge < -0.3 is 9.88 Å². The van der Waals surface area contributed by atoms with Gasteiger partial charge in [0.2, 0.25) is 5.91 Å². The average Bonchev–Trinajstić information content (AvgIpc) is 3.32. The standard InChI is InChI=1S/C22H24N2O/c1-16(2)24(15-17-8-4-3-5-9-17)21(25)22(12-13-22)19-14-23-20-11-7-6-10-18(19)20/h3-11,14,16,23H,12-13,15H2,1-2H3. The second-order valence-electron chi connectivity index (χ2n) is 7.34. The Hall–Kier alpha value is -2.55. The number of carbonyl (C=O) groups excluding carboxylic acids is 1. The van der Waals surface area contributed by atoms with Crippen LogP contribution in [-0.4, -0.2) is 21.8 Å². The van der Waals surface area contributed by atoms with E-state index in [4.69, 9.17) is 0 Å². The summed E-state index contributed by atoms with van der Waals surface area (Å²) in [5.41, 5.74) is 3.10. The number of fused-ring (bicyclic) bond motifs is 1. The summed E-state index contributed by atoms with van der Waals surface area (Å²) in [4.78, 5) is 18.9. The van der Waals surface area contributed by atoms with E-state index in [-0.39, 0.29) is 17.4 Å². The van der Waals surface area contributed by atoms with Crippen molar-refractivity contribution in [3.05, 3.63) is 71.9 Å². The summed E-state index contributed by atoms with van der Waals surface area (Å²) >= 11 is 0. The van der Waals surface area contributed by atoms with Crippen molar-refractivity contribution in [3.8, 4) is 0 Å². The molecule has 1 N–H and O–H groups in total. The molecule has 1 amide bonds. The number of carbonyl (C=O) groups is 1. The molecule has 0 unspecified atom stereocenters. The fraction of sp³-hybridized carbons (Fsp3) is 0.318. The number of H-pyrrole nitrogens is 1. The Morgan fingerprint density at radius 2 is 1.76 bits per heavy atom. The number of aromatic amines is 1. The van der Waals surface area contributed by atoms with Crippen molar-refractivity contribution in [1.29, 1.82) is 0 Å². The van der Waals surface area contributed by atoms with Crippen LogP contribution in [0.2, 0.25) is 0 Å². The van der Waals surface area contributed by atoms with Crippen molar-refractivity contribution in [2.75, 3.05) is 0 Å². The van der Waals surface area contributed by atoms with Gasteiger partial charge in [0.1, 0.15) is 0 Å². The first-order chi connectivity index (χ1) is 12.1. The maximum absolute atomic E-state index is 13.5. The molecule has 1 fully saturated rings. The molecule has 1 aliphatic carbocycles. The minimum atomic E-state index is -0.349. The van der Waals surface area contributed by atoms with Crippen LogP contribution in [0.25, 0.3) is 10.9 Å². The quantitative estimate of drug-likeness (QED) is 0.726. The van der Waals surface area contributed by atoms with Crippen LogP contribution in [0.5, 0.6) is 0 Å². The number of amides is 1. The smallest absolute Gasteiger partial charge is 0.233 e. The third-order valence-corrected chi connectivity index (χ3v) is 5.34. The molecule has 2 aromatic carbocycles. The highest BCUT2D eigenvalue weighted by molar-refractivity contribution is 5.97. The molecule has 0 atom stereocenters. The van der Waals surface area contributed by atoms with Crippen LogP contribution in [0, 0.1) is 0 Å². The predicted molar refractivity (Wildman–Crippen MR) is 101 cm³/mol. The summed E-state index contributed by atoms with van der Waals surface area (Å²) in [6.07, 6.45) is 3.91. The van der Waals surface area contributed by atoms with E-state index in [9.17, 15) is 4.79 Å². The molecule has 128 valence electrons. The van der Waals surface area contributed by atoms with Crippen LogP contribution in [0.4, 0.5) is 0 Å². The fourth-order valence-corrected chi connectivity index (χ4v) is 3.73. The largest absolute Gasteiger partial charge is 0.361 e. The number of nitrogens with zero attached hydrogens (tertiary/aromatic N) is 1. The number of hydrogen-bond acceptors (Lipinski definition) is 1. The number of nitrogens with one attached hydrogen (secondary N) is 1. The van der Waals surface area contributed by atoms with E-state index in [0.717, 1.165) is 23.9 Å². The summed E-state index contributed by atoms with van der Waals surface area (Å²) in [5.74, 6) is 0.260. The number of rotatable bonds is 5. The van der Waals surface area contributed by atoms with Gasteiger partial charge in [-0.3, -0.25) is 4.79 Å². The van der Waals surface area contributed by atoms with Crippen molar-refractivity contribution in [2.45, 2.75) is 44.7 Å². The van der Waals surface area contributed by atoms with Crippen molar-refractivity contribution in [1.82, 2.24) is 9.88 Å². The highest BCUT2D eigenvalue weighted by Crippen LogP contribution is 2.52. The zero-order valence-electron chi connectivity index (χ0n) is 14.8. The first-order valence-corrected chi connectivity index (χ1v) is 9.03. The van der Waals surface area contributed by atoms with E-state index < -0.39 is 0 Å². The maximum atomic E-state index is 13.5. The third kappa shape index (κ3) is 2.74. The fourth-order valence-electron chi connectivity index (χ4n) is 3.73. The molecule has 1 aliphatic rings. The molecule has 3 aromatic rings. The van der Waals surface area contributed by atoms with E-state index in [0.29, 0.717) is 6.54 Å². The van der Waals surface area contributed by atoms with Gasteiger partial charge in [0.25, 0.3) is 0 Å². The van der Waals surface area contributed by atoms with Crippen LogP contribution in [0.15, 0.2) is 60.8 Å². The summed E-state index contributed by atoms with van der Waals surface area (Å²) < 4.78 is 0. The monoisotopic (exact) mass is 332 g/mol. The van der Waals surface area contributed by atoms with E-state index in [1.165, 1.54) is 10.9 Å². The maximum Gasteiger partial charge on any atom is 0.233 e. The average molecular weight is 332 g/mol. The molecule has 0 aliphatic heterocycles. The Morgan fingerprint density at radius 3 is 2.44 bits per heavy atom. The minimum Gasteiger partial charge on any atom is -0.361 e. The highest BCUT2D eigenvalue weighted by Gasteiger charge is 2.54. The summed E-state index contributed by atoms with van der Waals surface area (Å²) in [7, 11) is 0.